The predicted octanol–water partition coefficient (Wildman–Crippen LogP) is 6.03. The van der Waals surface area contributed by atoms with Crippen LogP contribution in [0, 0.1) is 0 Å². The van der Waals surface area contributed by atoms with Crippen LogP contribution < -0.4 is 10.6 Å². The van der Waals surface area contributed by atoms with Crippen molar-refractivity contribution < 1.29 is 0 Å². The Morgan fingerprint density at radius 3 is 1.21 bits per heavy atom. The van der Waals surface area contributed by atoms with Gasteiger partial charge in [0, 0.05) is 13.1 Å². The fraction of sp³-hybridized carbons (Fsp3) is 0.538. The van der Waals surface area contributed by atoms with Crippen LogP contribution in [0.15, 0.2) is 48.5 Å². The van der Waals surface area contributed by atoms with Gasteiger partial charge in [0.15, 0.2) is 0 Å². The van der Waals surface area contributed by atoms with E-state index in [0.29, 0.717) is 0 Å². The van der Waals surface area contributed by atoms with E-state index in [1.807, 2.05) is 0 Å². The molecule has 0 saturated heterocycles. The van der Waals surface area contributed by atoms with E-state index in [1.165, 1.54) is 60.8 Å². The molecular formula is C26H40N2. The van der Waals surface area contributed by atoms with Crippen molar-refractivity contribution in [3.8, 4) is 0 Å². The lowest BCUT2D eigenvalue weighted by molar-refractivity contribution is 0.616. The first-order valence-electron chi connectivity index (χ1n) is 11.4. The van der Waals surface area contributed by atoms with Crippen molar-refractivity contribution in [3.63, 3.8) is 0 Å². The van der Waals surface area contributed by atoms with E-state index in [1.54, 1.807) is 0 Å². The van der Waals surface area contributed by atoms with E-state index in [-0.39, 0.29) is 0 Å². The monoisotopic (exact) mass is 380 g/mol. The number of unbranched alkanes of at least 4 members (excludes halogenated alkanes) is 4. The Morgan fingerprint density at radius 2 is 0.857 bits per heavy atom. The fourth-order valence-electron chi connectivity index (χ4n) is 3.40. The highest BCUT2D eigenvalue weighted by molar-refractivity contribution is 5.26. The van der Waals surface area contributed by atoms with E-state index in [9.17, 15) is 0 Å². The Hall–Kier alpha value is -1.64. The van der Waals surface area contributed by atoms with Gasteiger partial charge in [-0.3, -0.25) is 0 Å². The standard InChI is InChI=1S/C26H40N2/c1-3-5-7-19-27-21-25-15-11-23(12-16-25)9-10-24-13-17-26(18-14-24)22-28-20-8-6-4-2/h11-18,27-28H,3-10,19-22H2,1-2H3. The summed E-state index contributed by atoms with van der Waals surface area (Å²) >= 11 is 0. The third-order valence-corrected chi connectivity index (χ3v) is 5.32. The first-order chi connectivity index (χ1) is 13.8. The summed E-state index contributed by atoms with van der Waals surface area (Å²) in [5.74, 6) is 0. The second-order valence-electron chi connectivity index (χ2n) is 7.90. The maximum absolute atomic E-state index is 3.54. The maximum Gasteiger partial charge on any atom is 0.0205 e. The van der Waals surface area contributed by atoms with Gasteiger partial charge in [-0.1, -0.05) is 88.1 Å². The van der Waals surface area contributed by atoms with Crippen LogP contribution in [0.2, 0.25) is 0 Å². The van der Waals surface area contributed by atoms with Crippen LogP contribution in [0.4, 0.5) is 0 Å². The van der Waals surface area contributed by atoms with E-state index >= 15 is 0 Å². The summed E-state index contributed by atoms with van der Waals surface area (Å²) in [4.78, 5) is 0. The van der Waals surface area contributed by atoms with Gasteiger partial charge >= 0.3 is 0 Å². The molecule has 28 heavy (non-hydrogen) atoms. The molecule has 0 heterocycles. The molecule has 2 aromatic carbocycles. The SMILES string of the molecule is CCCCCNCc1ccc(CCc2ccc(CNCCCCC)cc2)cc1. The average Bonchev–Trinajstić information content (AvgIpc) is 2.74. The molecule has 2 nitrogen and oxygen atoms in total. The summed E-state index contributed by atoms with van der Waals surface area (Å²) < 4.78 is 0. The van der Waals surface area contributed by atoms with Crippen molar-refractivity contribution in [2.75, 3.05) is 13.1 Å². The topological polar surface area (TPSA) is 24.1 Å². The first kappa shape index (κ1) is 22.6. The number of hydrogen-bond donors (Lipinski definition) is 2. The zero-order chi connectivity index (χ0) is 19.9. The third-order valence-electron chi connectivity index (χ3n) is 5.32. The summed E-state index contributed by atoms with van der Waals surface area (Å²) in [5, 5.41) is 7.08. The molecule has 2 aromatic rings. The number of hydrogen-bond acceptors (Lipinski definition) is 2. The second-order valence-corrected chi connectivity index (χ2v) is 7.90. The molecule has 0 aliphatic carbocycles. The molecule has 2 N–H and O–H groups in total. The minimum absolute atomic E-state index is 0.984. The molecule has 0 aliphatic rings. The van der Waals surface area contributed by atoms with Crippen LogP contribution in [0.1, 0.15) is 74.6 Å². The lowest BCUT2D eigenvalue weighted by Gasteiger charge is -2.08. The lowest BCUT2D eigenvalue weighted by Crippen LogP contribution is -2.14. The summed E-state index contributed by atoms with van der Waals surface area (Å²) in [5.41, 5.74) is 5.62. The van der Waals surface area contributed by atoms with Crippen LogP contribution >= 0.6 is 0 Å². The maximum atomic E-state index is 3.54. The number of aryl methyl sites for hydroxylation is 2. The quantitative estimate of drug-likeness (QED) is 0.369. The smallest absolute Gasteiger partial charge is 0.0205 e. The first-order valence-corrected chi connectivity index (χ1v) is 11.4. The van der Waals surface area contributed by atoms with Gasteiger partial charge in [-0.25, -0.2) is 0 Å². The molecule has 0 spiro atoms. The van der Waals surface area contributed by atoms with Crippen LogP contribution in [0.25, 0.3) is 0 Å². The predicted molar refractivity (Wildman–Crippen MR) is 123 cm³/mol. The van der Waals surface area contributed by atoms with E-state index < -0.39 is 0 Å². The van der Waals surface area contributed by atoms with E-state index in [0.717, 1.165) is 39.0 Å². The summed E-state index contributed by atoms with van der Waals surface area (Å²) in [7, 11) is 0. The van der Waals surface area contributed by atoms with Gasteiger partial charge in [0.1, 0.15) is 0 Å². The highest BCUT2D eigenvalue weighted by Gasteiger charge is 1.99. The normalized spacial score (nSPS) is 11.1. The summed E-state index contributed by atoms with van der Waals surface area (Å²) in [6, 6.07) is 18.3. The van der Waals surface area contributed by atoms with Gasteiger partial charge in [0.25, 0.3) is 0 Å². The molecule has 0 bridgehead atoms. The molecular weight excluding hydrogens is 340 g/mol. The zero-order valence-electron chi connectivity index (χ0n) is 18.1. The van der Waals surface area contributed by atoms with Crippen LogP contribution in [0.5, 0.6) is 0 Å². The van der Waals surface area contributed by atoms with Gasteiger partial charge in [-0.15, -0.1) is 0 Å². The molecule has 2 heteroatoms. The van der Waals surface area contributed by atoms with E-state index in [4.69, 9.17) is 0 Å². The summed E-state index contributed by atoms with van der Waals surface area (Å²) in [6.45, 7) is 8.72. The van der Waals surface area contributed by atoms with Gasteiger partial charge < -0.3 is 10.6 Å². The molecule has 0 aliphatic heterocycles. The Labute approximate surface area is 173 Å². The van der Waals surface area contributed by atoms with Gasteiger partial charge in [0.2, 0.25) is 0 Å². The molecule has 0 aromatic heterocycles. The molecule has 0 saturated carbocycles. The minimum atomic E-state index is 0.984. The molecule has 0 amide bonds. The van der Waals surface area contributed by atoms with Crippen molar-refractivity contribution in [2.24, 2.45) is 0 Å². The Morgan fingerprint density at radius 1 is 0.500 bits per heavy atom. The zero-order valence-corrected chi connectivity index (χ0v) is 18.1. The third kappa shape index (κ3) is 9.52. The minimum Gasteiger partial charge on any atom is -0.313 e. The van der Waals surface area contributed by atoms with Crippen LogP contribution in [0.3, 0.4) is 0 Å². The molecule has 0 atom stereocenters. The largest absolute Gasteiger partial charge is 0.313 e. The highest BCUT2D eigenvalue weighted by atomic mass is 14.8. The Balaban J connectivity index is 1.66. The number of rotatable bonds is 15. The Bertz CT molecular complexity index is 558. The molecule has 154 valence electrons. The van der Waals surface area contributed by atoms with Gasteiger partial charge in [0.05, 0.1) is 0 Å². The van der Waals surface area contributed by atoms with Crippen LogP contribution in [-0.4, -0.2) is 13.1 Å². The number of nitrogens with one attached hydrogen (secondary N) is 2. The van der Waals surface area contributed by atoms with Crippen molar-refractivity contribution >= 4 is 0 Å². The van der Waals surface area contributed by atoms with Crippen LogP contribution in [-0.2, 0) is 25.9 Å². The van der Waals surface area contributed by atoms with Gasteiger partial charge in [-0.05, 0) is 61.0 Å². The fourth-order valence-corrected chi connectivity index (χ4v) is 3.40. The highest BCUT2D eigenvalue weighted by Crippen LogP contribution is 2.11. The molecule has 0 unspecified atom stereocenters. The van der Waals surface area contributed by atoms with Crippen molar-refractivity contribution in [2.45, 2.75) is 78.3 Å². The molecule has 0 radical (unpaired) electrons. The Kier molecular flexibility index (Phi) is 11.6. The average molecular weight is 381 g/mol. The molecule has 0 fully saturated rings. The molecule has 2 rings (SSSR count). The number of benzene rings is 2. The lowest BCUT2D eigenvalue weighted by atomic mass is 10.0. The van der Waals surface area contributed by atoms with E-state index in [2.05, 4.69) is 73.0 Å². The van der Waals surface area contributed by atoms with Crippen molar-refractivity contribution in [3.05, 3.63) is 70.8 Å². The van der Waals surface area contributed by atoms with Crippen molar-refractivity contribution in [1.29, 1.82) is 0 Å². The second kappa shape index (κ2) is 14.4. The van der Waals surface area contributed by atoms with Gasteiger partial charge in [-0.2, -0.15) is 0 Å². The van der Waals surface area contributed by atoms with Crippen molar-refractivity contribution in [1.82, 2.24) is 10.6 Å². The summed E-state index contributed by atoms with van der Waals surface area (Å²) in [6.07, 6.45) is 10.00.